The van der Waals surface area contributed by atoms with Gasteiger partial charge in [0.05, 0.1) is 10.6 Å². The largest absolute Gasteiger partial charge is 0.355 e. The molecule has 3 rings (SSSR count). The monoisotopic (exact) mass is 561 g/mol. The first kappa shape index (κ1) is 28.5. The predicted molar refractivity (Wildman–Crippen MR) is 147 cm³/mol. The average Bonchev–Trinajstić information content (AvgIpc) is 2.86. The van der Waals surface area contributed by atoms with Gasteiger partial charge in [-0.1, -0.05) is 53.5 Å². The van der Waals surface area contributed by atoms with Crippen LogP contribution in [0.15, 0.2) is 77.7 Å². The number of hydrogen-bond acceptors (Lipinski definition) is 4. The Hall–Kier alpha value is -3.07. The third-order valence-corrected chi connectivity index (χ3v) is 8.04. The van der Waals surface area contributed by atoms with Gasteiger partial charge in [0.2, 0.25) is 11.8 Å². The Morgan fingerprint density at radius 2 is 1.62 bits per heavy atom. The van der Waals surface area contributed by atoms with Crippen LogP contribution in [0.5, 0.6) is 0 Å². The summed E-state index contributed by atoms with van der Waals surface area (Å²) in [5, 5.41) is 3.66. The third kappa shape index (κ3) is 7.03. The molecule has 196 valence electrons. The molecule has 0 aromatic heterocycles. The van der Waals surface area contributed by atoms with Crippen molar-refractivity contribution in [1.29, 1.82) is 0 Å². The highest BCUT2D eigenvalue weighted by molar-refractivity contribution is 7.92. The number of hydrogen-bond donors (Lipinski definition) is 1. The maximum Gasteiger partial charge on any atom is 0.264 e. The summed E-state index contributed by atoms with van der Waals surface area (Å²) in [5.74, 6) is -0.898. The van der Waals surface area contributed by atoms with E-state index in [0.29, 0.717) is 33.4 Å². The SMILES string of the molecule is CCNC(=O)C(C)N(Cc1cccc(Cl)c1)C(=O)CN(c1ccc(Cl)cc1C)S(=O)(=O)c1ccccc1. The van der Waals surface area contributed by atoms with Crippen molar-refractivity contribution in [1.82, 2.24) is 10.2 Å². The van der Waals surface area contributed by atoms with Crippen LogP contribution in [0.25, 0.3) is 0 Å². The second-order valence-corrected chi connectivity index (χ2v) is 11.2. The molecule has 3 aromatic rings. The first-order valence-electron chi connectivity index (χ1n) is 11.7. The zero-order valence-electron chi connectivity index (χ0n) is 20.8. The normalized spacial score (nSPS) is 12.0. The molecule has 0 saturated carbocycles. The van der Waals surface area contributed by atoms with Gasteiger partial charge in [0, 0.05) is 23.1 Å². The zero-order valence-corrected chi connectivity index (χ0v) is 23.1. The summed E-state index contributed by atoms with van der Waals surface area (Å²) in [6.45, 7) is 5.05. The van der Waals surface area contributed by atoms with E-state index in [1.54, 1.807) is 81.4 Å². The van der Waals surface area contributed by atoms with E-state index in [1.165, 1.54) is 17.0 Å². The molecule has 0 aliphatic heterocycles. The van der Waals surface area contributed by atoms with Gasteiger partial charge in [0.15, 0.2) is 0 Å². The Morgan fingerprint density at radius 1 is 0.946 bits per heavy atom. The van der Waals surface area contributed by atoms with Crippen molar-refractivity contribution in [2.45, 2.75) is 38.3 Å². The lowest BCUT2D eigenvalue weighted by Gasteiger charge is -2.32. The quantitative estimate of drug-likeness (QED) is 0.375. The van der Waals surface area contributed by atoms with Crippen molar-refractivity contribution < 1.29 is 18.0 Å². The van der Waals surface area contributed by atoms with Crippen LogP contribution in [0.4, 0.5) is 5.69 Å². The van der Waals surface area contributed by atoms with E-state index in [2.05, 4.69) is 5.32 Å². The van der Waals surface area contributed by atoms with Gasteiger partial charge in [0.1, 0.15) is 12.6 Å². The Kier molecular flexibility index (Phi) is 9.59. The third-order valence-electron chi connectivity index (χ3n) is 5.80. The number of halogens is 2. The van der Waals surface area contributed by atoms with Crippen LogP contribution in [-0.2, 0) is 26.2 Å². The van der Waals surface area contributed by atoms with Crippen LogP contribution in [0.3, 0.4) is 0 Å². The van der Waals surface area contributed by atoms with E-state index in [0.717, 1.165) is 4.31 Å². The summed E-state index contributed by atoms with van der Waals surface area (Å²) in [6.07, 6.45) is 0. The number of nitrogens with one attached hydrogen (secondary N) is 1. The maximum atomic E-state index is 13.8. The summed E-state index contributed by atoms with van der Waals surface area (Å²) in [6, 6.07) is 18.8. The Morgan fingerprint density at radius 3 is 2.24 bits per heavy atom. The number of carbonyl (C=O) groups is 2. The molecular weight excluding hydrogens is 533 g/mol. The molecule has 0 spiro atoms. The highest BCUT2D eigenvalue weighted by atomic mass is 35.5. The van der Waals surface area contributed by atoms with E-state index >= 15 is 0 Å². The number of likely N-dealkylation sites (N-methyl/N-ethyl adjacent to an activating group) is 1. The predicted octanol–water partition coefficient (Wildman–Crippen LogP) is 5.05. The first-order valence-corrected chi connectivity index (χ1v) is 13.9. The fourth-order valence-corrected chi connectivity index (χ4v) is 5.81. The molecule has 0 heterocycles. The highest BCUT2D eigenvalue weighted by Gasteiger charge is 2.33. The van der Waals surface area contributed by atoms with Crippen molar-refractivity contribution in [3.8, 4) is 0 Å². The van der Waals surface area contributed by atoms with Crippen molar-refractivity contribution in [2.24, 2.45) is 0 Å². The second kappa shape index (κ2) is 12.4. The molecule has 0 aliphatic carbocycles. The summed E-state index contributed by atoms with van der Waals surface area (Å²) in [5.41, 5.74) is 1.60. The molecule has 1 unspecified atom stereocenters. The molecule has 1 N–H and O–H groups in total. The number of aryl methyl sites for hydroxylation is 1. The fraction of sp³-hybridized carbons (Fsp3) is 0.259. The zero-order chi connectivity index (χ0) is 27.2. The molecule has 0 fully saturated rings. The molecule has 0 saturated heterocycles. The number of rotatable bonds is 10. The Bertz CT molecular complexity index is 1370. The lowest BCUT2D eigenvalue weighted by atomic mass is 10.1. The summed E-state index contributed by atoms with van der Waals surface area (Å²) in [4.78, 5) is 27.9. The molecule has 37 heavy (non-hydrogen) atoms. The molecule has 0 bridgehead atoms. The minimum absolute atomic E-state index is 0.0373. The molecule has 0 aliphatic rings. The van der Waals surface area contributed by atoms with Gasteiger partial charge in [-0.15, -0.1) is 0 Å². The molecule has 3 aromatic carbocycles. The van der Waals surface area contributed by atoms with Gasteiger partial charge >= 0.3 is 0 Å². The number of anilines is 1. The van der Waals surface area contributed by atoms with Crippen LogP contribution < -0.4 is 9.62 Å². The Balaban J connectivity index is 2.05. The van der Waals surface area contributed by atoms with Crippen molar-refractivity contribution in [3.05, 3.63) is 94.0 Å². The van der Waals surface area contributed by atoms with Gasteiger partial charge in [-0.05, 0) is 74.4 Å². The van der Waals surface area contributed by atoms with Gasteiger partial charge < -0.3 is 10.2 Å². The highest BCUT2D eigenvalue weighted by Crippen LogP contribution is 2.29. The van der Waals surface area contributed by atoms with Crippen molar-refractivity contribution in [3.63, 3.8) is 0 Å². The maximum absolute atomic E-state index is 13.8. The topological polar surface area (TPSA) is 86.8 Å². The van der Waals surface area contributed by atoms with Gasteiger partial charge in [-0.25, -0.2) is 8.42 Å². The fourth-order valence-electron chi connectivity index (χ4n) is 3.87. The molecule has 1 atom stereocenters. The van der Waals surface area contributed by atoms with Gasteiger partial charge in [-0.2, -0.15) is 0 Å². The van der Waals surface area contributed by atoms with E-state index in [-0.39, 0.29) is 17.3 Å². The number of benzene rings is 3. The van der Waals surface area contributed by atoms with E-state index in [4.69, 9.17) is 23.2 Å². The van der Waals surface area contributed by atoms with E-state index < -0.39 is 28.5 Å². The number of nitrogens with zero attached hydrogens (tertiary/aromatic N) is 2. The van der Waals surface area contributed by atoms with Gasteiger partial charge in [0.25, 0.3) is 10.0 Å². The molecule has 7 nitrogen and oxygen atoms in total. The summed E-state index contributed by atoms with van der Waals surface area (Å²) < 4.78 is 28.6. The molecule has 2 amide bonds. The Labute approximate surface area is 228 Å². The van der Waals surface area contributed by atoms with Crippen LogP contribution in [-0.4, -0.2) is 44.3 Å². The molecule has 10 heteroatoms. The molecule has 0 radical (unpaired) electrons. The number of sulfonamides is 1. The van der Waals surface area contributed by atoms with Crippen LogP contribution in [0, 0.1) is 6.92 Å². The van der Waals surface area contributed by atoms with E-state index in [1.807, 2.05) is 0 Å². The van der Waals surface area contributed by atoms with Crippen molar-refractivity contribution >= 4 is 50.7 Å². The molecular formula is C27H29Cl2N3O4S. The van der Waals surface area contributed by atoms with Crippen LogP contribution in [0.2, 0.25) is 10.0 Å². The summed E-state index contributed by atoms with van der Waals surface area (Å²) >= 11 is 12.3. The second-order valence-electron chi connectivity index (χ2n) is 8.48. The van der Waals surface area contributed by atoms with Gasteiger partial charge in [-0.3, -0.25) is 13.9 Å². The van der Waals surface area contributed by atoms with Crippen molar-refractivity contribution in [2.75, 3.05) is 17.4 Å². The smallest absolute Gasteiger partial charge is 0.264 e. The minimum atomic E-state index is -4.13. The minimum Gasteiger partial charge on any atom is -0.355 e. The number of amides is 2. The van der Waals surface area contributed by atoms with Crippen LogP contribution in [0.1, 0.15) is 25.0 Å². The summed E-state index contributed by atoms with van der Waals surface area (Å²) in [7, 11) is -4.13. The standard InChI is InChI=1S/C27H29Cl2N3O4S/c1-4-30-27(34)20(3)31(17-21-9-8-10-22(28)16-21)26(33)18-32(25-14-13-23(29)15-19(25)2)37(35,36)24-11-6-5-7-12-24/h5-16,20H,4,17-18H2,1-3H3,(H,30,34). The average molecular weight is 563 g/mol. The van der Waals surface area contributed by atoms with Crippen LogP contribution >= 0.6 is 23.2 Å². The number of carbonyl (C=O) groups excluding carboxylic acids is 2. The lowest BCUT2D eigenvalue weighted by Crippen LogP contribution is -2.51. The first-order chi connectivity index (χ1) is 17.5. The van der Waals surface area contributed by atoms with E-state index in [9.17, 15) is 18.0 Å². The lowest BCUT2D eigenvalue weighted by molar-refractivity contribution is -0.139.